The molecule has 106 valence electrons. The highest BCUT2D eigenvalue weighted by molar-refractivity contribution is 5.97. The number of carbonyl (C=O) groups excluding carboxylic acids is 1. The topological polar surface area (TPSA) is 91.4 Å². The average molecular weight is 276 g/mol. The lowest BCUT2D eigenvalue weighted by atomic mass is 10.1. The van der Waals surface area contributed by atoms with Crippen molar-refractivity contribution >= 4 is 16.8 Å². The lowest BCUT2D eigenvalue weighted by Gasteiger charge is -2.06. The van der Waals surface area contributed by atoms with Crippen molar-refractivity contribution in [1.29, 1.82) is 0 Å². The Hall–Kier alpha value is -2.34. The summed E-state index contributed by atoms with van der Waals surface area (Å²) in [5.41, 5.74) is 0.285. The Kier molecular flexibility index (Phi) is 4.37. The highest BCUT2D eigenvalue weighted by atomic mass is 16.5. The van der Waals surface area contributed by atoms with E-state index >= 15 is 0 Å². The summed E-state index contributed by atoms with van der Waals surface area (Å²) in [5.74, 6) is 0.0717. The number of aromatic amines is 1. The van der Waals surface area contributed by atoms with Crippen LogP contribution in [0.5, 0.6) is 5.75 Å². The number of hydrogen-bond donors (Lipinski definition) is 3. The summed E-state index contributed by atoms with van der Waals surface area (Å²) >= 11 is 0. The lowest BCUT2D eigenvalue weighted by Crippen LogP contribution is -2.30. The van der Waals surface area contributed by atoms with Crippen molar-refractivity contribution in [2.45, 2.75) is 6.92 Å². The molecule has 0 atom stereocenters. The number of H-pyrrole nitrogens is 1. The number of benzene rings is 1. The van der Waals surface area contributed by atoms with Crippen LogP contribution in [0.25, 0.3) is 10.9 Å². The number of pyridine rings is 1. The summed E-state index contributed by atoms with van der Waals surface area (Å²) in [6.45, 7) is 2.29. The number of rotatable bonds is 5. The molecule has 1 heterocycles. The number of ether oxygens (including phenoxy) is 1. The Morgan fingerprint density at radius 2 is 2.25 bits per heavy atom. The molecule has 6 nitrogen and oxygen atoms in total. The van der Waals surface area contributed by atoms with Gasteiger partial charge in [-0.15, -0.1) is 0 Å². The van der Waals surface area contributed by atoms with Crippen molar-refractivity contribution in [2.75, 3.05) is 19.8 Å². The first kappa shape index (κ1) is 14.1. The monoisotopic (exact) mass is 276 g/mol. The molecule has 0 fully saturated rings. The SMILES string of the molecule is CCOc1ccc2[nH]cc(C(=O)NCCO)c(=O)c2c1. The number of aliphatic hydroxyl groups excluding tert-OH is 1. The summed E-state index contributed by atoms with van der Waals surface area (Å²) in [4.78, 5) is 27.0. The van der Waals surface area contributed by atoms with Crippen molar-refractivity contribution in [3.8, 4) is 5.75 Å². The van der Waals surface area contributed by atoms with E-state index in [1.807, 2.05) is 6.92 Å². The second-order valence-corrected chi connectivity index (χ2v) is 4.15. The van der Waals surface area contributed by atoms with E-state index in [9.17, 15) is 9.59 Å². The zero-order chi connectivity index (χ0) is 14.5. The van der Waals surface area contributed by atoms with Crippen molar-refractivity contribution < 1.29 is 14.6 Å². The molecular formula is C14H16N2O4. The maximum atomic E-state index is 12.3. The third kappa shape index (κ3) is 2.80. The second-order valence-electron chi connectivity index (χ2n) is 4.15. The van der Waals surface area contributed by atoms with Gasteiger partial charge in [-0.3, -0.25) is 9.59 Å². The van der Waals surface area contributed by atoms with Gasteiger partial charge in [0.15, 0.2) is 0 Å². The molecule has 0 aliphatic rings. The van der Waals surface area contributed by atoms with E-state index < -0.39 is 5.91 Å². The van der Waals surface area contributed by atoms with Crippen LogP contribution in [-0.2, 0) is 0 Å². The predicted molar refractivity (Wildman–Crippen MR) is 75.2 cm³/mol. The summed E-state index contributed by atoms with van der Waals surface area (Å²) in [6, 6.07) is 5.10. The van der Waals surface area contributed by atoms with Crippen LogP contribution in [0.2, 0.25) is 0 Å². The normalized spacial score (nSPS) is 10.5. The number of carbonyl (C=O) groups is 1. The van der Waals surface area contributed by atoms with E-state index in [0.717, 1.165) is 0 Å². The third-order valence-corrected chi connectivity index (χ3v) is 2.81. The van der Waals surface area contributed by atoms with Gasteiger partial charge >= 0.3 is 0 Å². The van der Waals surface area contributed by atoms with Crippen molar-refractivity contribution in [3.05, 3.63) is 40.2 Å². The van der Waals surface area contributed by atoms with Gasteiger partial charge in [-0.2, -0.15) is 0 Å². The van der Waals surface area contributed by atoms with Gasteiger partial charge in [0.25, 0.3) is 5.91 Å². The second kappa shape index (κ2) is 6.21. The van der Waals surface area contributed by atoms with E-state index in [1.165, 1.54) is 6.20 Å². The van der Waals surface area contributed by atoms with Gasteiger partial charge in [-0.25, -0.2) is 0 Å². The Labute approximate surface area is 115 Å². The molecule has 0 aliphatic heterocycles. The molecule has 0 spiro atoms. The molecule has 0 bridgehead atoms. The van der Waals surface area contributed by atoms with Crippen LogP contribution < -0.4 is 15.5 Å². The van der Waals surface area contributed by atoms with Crippen LogP contribution in [0.4, 0.5) is 0 Å². The first-order valence-corrected chi connectivity index (χ1v) is 6.34. The lowest BCUT2D eigenvalue weighted by molar-refractivity contribution is 0.0943. The molecular weight excluding hydrogens is 260 g/mol. The Bertz CT molecular complexity index is 678. The van der Waals surface area contributed by atoms with Gasteiger partial charge < -0.3 is 20.1 Å². The van der Waals surface area contributed by atoms with Crippen LogP contribution in [0.3, 0.4) is 0 Å². The number of hydrogen-bond acceptors (Lipinski definition) is 4. The maximum Gasteiger partial charge on any atom is 0.256 e. The zero-order valence-corrected chi connectivity index (χ0v) is 11.1. The van der Waals surface area contributed by atoms with E-state index in [0.29, 0.717) is 23.3 Å². The smallest absolute Gasteiger partial charge is 0.256 e. The number of aromatic nitrogens is 1. The maximum absolute atomic E-state index is 12.3. The number of fused-ring (bicyclic) bond motifs is 1. The van der Waals surface area contributed by atoms with E-state index in [1.54, 1.807) is 18.2 Å². The summed E-state index contributed by atoms with van der Waals surface area (Å²) in [7, 11) is 0. The molecule has 0 saturated carbocycles. The van der Waals surface area contributed by atoms with Crippen LogP contribution >= 0.6 is 0 Å². The molecule has 0 unspecified atom stereocenters. The molecule has 1 amide bonds. The Morgan fingerprint density at radius 1 is 1.45 bits per heavy atom. The van der Waals surface area contributed by atoms with Gasteiger partial charge in [-0.1, -0.05) is 0 Å². The summed E-state index contributed by atoms with van der Waals surface area (Å²) in [5, 5.41) is 11.5. The van der Waals surface area contributed by atoms with Gasteiger partial charge in [0.1, 0.15) is 11.3 Å². The summed E-state index contributed by atoms with van der Waals surface area (Å²) < 4.78 is 5.35. The average Bonchev–Trinajstić information content (AvgIpc) is 2.46. The molecule has 0 radical (unpaired) electrons. The molecule has 20 heavy (non-hydrogen) atoms. The van der Waals surface area contributed by atoms with Crippen LogP contribution in [0, 0.1) is 0 Å². The van der Waals surface area contributed by atoms with Crippen molar-refractivity contribution in [1.82, 2.24) is 10.3 Å². The molecule has 1 aromatic carbocycles. The fourth-order valence-electron chi connectivity index (χ4n) is 1.89. The highest BCUT2D eigenvalue weighted by Crippen LogP contribution is 2.17. The third-order valence-electron chi connectivity index (χ3n) is 2.81. The quantitative estimate of drug-likeness (QED) is 0.747. The van der Waals surface area contributed by atoms with Gasteiger partial charge in [-0.05, 0) is 25.1 Å². The Morgan fingerprint density at radius 3 is 2.95 bits per heavy atom. The Balaban J connectivity index is 2.45. The van der Waals surface area contributed by atoms with Crippen LogP contribution in [0.1, 0.15) is 17.3 Å². The predicted octanol–water partition coefficient (Wildman–Crippen LogP) is 0.649. The van der Waals surface area contributed by atoms with Gasteiger partial charge in [0, 0.05) is 23.6 Å². The van der Waals surface area contributed by atoms with Crippen LogP contribution in [-0.4, -0.2) is 35.8 Å². The molecule has 3 N–H and O–H groups in total. The van der Waals surface area contributed by atoms with Gasteiger partial charge in [0.05, 0.1) is 13.2 Å². The molecule has 0 aliphatic carbocycles. The molecule has 2 rings (SSSR count). The standard InChI is InChI=1S/C14H16N2O4/c1-2-20-9-3-4-12-10(7-9)13(18)11(8-16-12)14(19)15-5-6-17/h3-4,7-8,17H,2,5-6H2,1H3,(H,15,19)(H,16,18). The first-order valence-electron chi connectivity index (χ1n) is 6.34. The minimum atomic E-state index is -0.510. The fraction of sp³-hybridized carbons (Fsp3) is 0.286. The number of aliphatic hydroxyl groups is 1. The molecule has 0 saturated heterocycles. The summed E-state index contributed by atoms with van der Waals surface area (Å²) in [6.07, 6.45) is 1.37. The molecule has 2 aromatic rings. The van der Waals surface area contributed by atoms with E-state index in [4.69, 9.17) is 9.84 Å². The highest BCUT2D eigenvalue weighted by Gasteiger charge is 2.12. The van der Waals surface area contributed by atoms with Crippen molar-refractivity contribution in [2.24, 2.45) is 0 Å². The fourth-order valence-corrected chi connectivity index (χ4v) is 1.89. The number of amides is 1. The zero-order valence-electron chi connectivity index (χ0n) is 11.1. The van der Waals surface area contributed by atoms with E-state index in [-0.39, 0.29) is 24.1 Å². The molecule has 6 heteroatoms. The van der Waals surface area contributed by atoms with Crippen molar-refractivity contribution in [3.63, 3.8) is 0 Å². The van der Waals surface area contributed by atoms with Crippen LogP contribution in [0.15, 0.2) is 29.2 Å². The van der Waals surface area contributed by atoms with Gasteiger partial charge in [0.2, 0.25) is 5.43 Å². The number of nitrogens with one attached hydrogen (secondary N) is 2. The molecule has 1 aromatic heterocycles. The van der Waals surface area contributed by atoms with E-state index in [2.05, 4.69) is 10.3 Å². The minimum Gasteiger partial charge on any atom is -0.494 e. The largest absolute Gasteiger partial charge is 0.494 e. The first-order chi connectivity index (χ1) is 9.67. The minimum absolute atomic E-state index is 0.0135.